The Balaban J connectivity index is 1.44. The maximum absolute atomic E-state index is 12.4. The van der Waals surface area contributed by atoms with Crippen molar-refractivity contribution in [2.24, 2.45) is 0 Å². The molecule has 0 saturated carbocycles. The molecular formula is C20H30N2O2. The molecule has 2 fully saturated rings. The summed E-state index contributed by atoms with van der Waals surface area (Å²) >= 11 is 0. The van der Waals surface area contributed by atoms with Gasteiger partial charge in [-0.2, -0.15) is 0 Å². The van der Waals surface area contributed by atoms with E-state index in [0.717, 1.165) is 37.2 Å². The molecule has 0 spiro atoms. The molecule has 0 atom stereocenters. The highest BCUT2D eigenvalue weighted by Gasteiger charge is 2.27. The fraction of sp³-hybridized carbons (Fsp3) is 0.650. The van der Waals surface area contributed by atoms with Gasteiger partial charge in [-0.1, -0.05) is 31.0 Å². The molecule has 0 radical (unpaired) electrons. The smallest absolute Gasteiger partial charge is 0.260 e. The van der Waals surface area contributed by atoms with Gasteiger partial charge < -0.3 is 14.5 Å². The molecule has 2 heterocycles. The predicted octanol–water partition coefficient (Wildman–Crippen LogP) is 3.24. The SMILES string of the molecule is Cc1ccccc1OCC(=O)N1CCC(N2CCCCCC2)CC1. The van der Waals surface area contributed by atoms with Crippen molar-refractivity contribution in [2.75, 3.05) is 32.8 Å². The van der Waals surface area contributed by atoms with Crippen molar-refractivity contribution in [1.82, 2.24) is 9.80 Å². The first-order valence-corrected chi connectivity index (χ1v) is 9.44. The summed E-state index contributed by atoms with van der Waals surface area (Å²) in [6.45, 7) is 6.39. The van der Waals surface area contributed by atoms with E-state index < -0.39 is 0 Å². The Morgan fingerprint density at radius 2 is 1.71 bits per heavy atom. The molecule has 4 heteroatoms. The Bertz CT molecular complexity index is 530. The molecule has 2 aliphatic rings. The quantitative estimate of drug-likeness (QED) is 0.850. The van der Waals surface area contributed by atoms with Crippen LogP contribution in [0.25, 0.3) is 0 Å². The Morgan fingerprint density at radius 1 is 1.04 bits per heavy atom. The monoisotopic (exact) mass is 330 g/mol. The van der Waals surface area contributed by atoms with E-state index >= 15 is 0 Å². The second-order valence-electron chi connectivity index (χ2n) is 7.12. The zero-order chi connectivity index (χ0) is 16.8. The van der Waals surface area contributed by atoms with Crippen LogP contribution in [0.2, 0.25) is 0 Å². The van der Waals surface area contributed by atoms with Crippen LogP contribution in [0.15, 0.2) is 24.3 Å². The van der Waals surface area contributed by atoms with Crippen LogP contribution in [0, 0.1) is 6.92 Å². The van der Waals surface area contributed by atoms with Crippen LogP contribution in [0.4, 0.5) is 0 Å². The van der Waals surface area contributed by atoms with Crippen molar-refractivity contribution in [3.8, 4) is 5.75 Å². The lowest BCUT2D eigenvalue weighted by Gasteiger charge is -2.38. The summed E-state index contributed by atoms with van der Waals surface area (Å²) < 4.78 is 5.71. The molecule has 3 rings (SSSR count). The highest BCUT2D eigenvalue weighted by Crippen LogP contribution is 2.21. The van der Waals surface area contributed by atoms with Gasteiger partial charge in [0.2, 0.25) is 0 Å². The van der Waals surface area contributed by atoms with E-state index in [0.29, 0.717) is 6.04 Å². The normalized spacial score (nSPS) is 20.6. The van der Waals surface area contributed by atoms with Crippen LogP contribution in [-0.4, -0.2) is 54.5 Å². The summed E-state index contributed by atoms with van der Waals surface area (Å²) in [5.41, 5.74) is 1.07. The third-order valence-electron chi connectivity index (χ3n) is 5.42. The minimum atomic E-state index is 0.118. The number of hydrogen-bond donors (Lipinski definition) is 0. The third-order valence-corrected chi connectivity index (χ3v) is 5.42. The molecule has 24 heavy (non-hydrogen) atoms. The van der Waals surface area contributed by atoms with Crippen molar-refractivity contribution >= 4 is 5.91 Å². The number of carbonyl (C=O) groups is 1. The van der Waals surface area contributed by atoms with Gasteiger partial charge in [-0.25, -0.2) is 0 Å². The molecule has 0 aliphatic carbocycles. The minimum absolute atomic E-state index is 0.118. The number of aryl methyl sites for hydroxylation is 1. The van der Waals surface area contributed by atoms with Crippen LogP contribution in [-0.2, 0) is 4.79 Å². The number of benzene rings is 1. The summed E-state index contributed by atoms with van der Waals surface area (Å²) in [5.74, 6) is 0.929. The Labute approximate surface area is 145 Å². The van der Waals surface area contributed by atoms with Crippen molar-refractivity contribution in [3.05, 3.63) is 29.8 Å². The number of para-hydroxylation sites is 1. The van der Waals surface area contributed by atoms with Crippen LogP contribution in [0.3, 0.4) is 0 Å². The molecule has 1 aromatic rings. The number of carbonyl (C=O) groups excluding carboxylic acids is 1. The van der Waals surface area contributed by atoms with E-state index in [4.69, 9.17) is 4.74 Å². The van der Waals surface area contributed by atoms with E-state index in [1.807, 2.05) is 36.1 Å². The average Bonchev–Trinajstić information content (AvgIpc) is 2.90. The molecule has 0 bridgehead atoms. The standard InChI is InChI=1S/C20H30N2O2/c1-17-8-4-5-9-19(17)24-16-20(23)22-14-10-18(11-15-22)21-12-6-2-3-7-13-21/h4-5,8-9,18H,2-3,6-7,10-16H2,1H3. The third kappa shape index (κ3) is 4.50. The predicted molar refractivity (Wildman–Crippen MR) is 96.3 cm³/mol. The molecule has 0 aromatic heterocycles. The topological polar surface area (TPSA) is 32.8 Å². The molecule has 0 unspecified atom stereocenters. The highest BCUT2D eigenvalue weighted by molar-refractivity contribution is 5.77. The molecule has 2 aliphatic heterocycles. The zero-order valence-electron chi connectivity index (χ0n) is 14.9. The maximum Gasteiger partial charge on any atom is 0.260 e. The van der Waals surface area contributed by atoms with Crippen molar-refractivity contribution in [3.63, 3.8) is 0 Å². The van der Waals surface area contributed by atoms with Gasteiger partial charge in [0.1, 0.15) is 5.75 Å². The molecule has 1 amide bonds. The lowest BCUT2D eigenvalue weighted by atomic mass is 10.0. The number of hydrogen-bond acceptors (Lipinski definition) is 3. The van der Waals surface area contributed by atoms with Crippen molar-refractivity contribution in [2.45, 2.75) is 51.5 Å². The van der Waals surface area contributed by atoms with Gasteiger partial charge in [-0.3, -0.25) is 4.79 Å². The van der Waals surface area contributed by atoms with Crippen molar-refractivity contribution in [1.29, 1.82) is 0 Å². The number of ether oxygens (including phenoxy) is 1. The number of likely N-dealkylation sites (tertiary alicyclic amines) is 2. The van der Waals surface area contributed by atoms with Crippen LogP contribution < -0.4 is 4.74 Å². The summed E-state index contributed by atoms with van der Waals surface area (Å²) in [4.78, 5) is 17.1. The largest absolute Gasteiger partial charge is 0.484 e. The van der Waals surface area contributed by atoms with E-state index in [-0.39, 0.29) is 12.5 Å². The van der Waals surface area contributed by atoms with Crippen molar-refractivity contribution < 1.29 is 9.53 Å². The van der Waals surface area contributed by atoms with Gasteiger partial charge in [0.25, 0.3) is 5.91 Å². The highest BCUT2D eigenvalue weighted by atomic mass is 16.5. The summed E-state index contributed by atoms with van der Waals surface area (Å²) in [7, 11) is 0. The lowest BCUT2D eigenvalue weighted by molar-refractivity contribution is -0.135. The van der Waals surface area contributed by atoms with Crippen LogP contribution in [0.5, 0.6) is 5.75 Å². The Morgan fingerprint density at radius 3 is 2.38 bits per heavy atom. The fourth-order valence-electron chi connectivity index (χ4n) is 3.89. The molecular weight excluding hydrogens is 300 g/mol. The average molecular weight is 330 g/mol. The number of rotatable bonds is 4. The molecule has 132 valence electrons. The number of piperidine rings is 1. The number of amides is 1. The van der Waals surface area contributed by atoms with E-state index in [1.54, 1.807) is 0 Å². The molecule has 2 saturated heterocycles. The van der Waals surface area contributed by atoms with E-state index in [1.165, 1.54) is 38.8 Å². The van der Waals surface area contributed by atoms with E-state index in [2.05, 4.69) is 4.90 Å². The minimum Gasteiger partial charge on any atom is -0.484 e. The molecule has 4 nitrogen and oxygen atoms in total. The summed E-state index contributed by atoms with van der Waals surface area (Å²) in [6, 6.07) is 8.53. The zero-order valence-corrected chi connectivity index (χ0v) is 14.9. The summed E-state index contributed by atoms with van der Waals surface area (Å²) in [5, 5.41) is 0. The van der Waals surface area contributed by atoms with Gasteiger partial charge in [0, 0.05) is 19.1 Å². The first-order valence-electron chi connectivity index (χ1n) is 9.44. The van der Waals surface area contributed by atoms with Gasteiger partial charge in [-0.15, -0.1) is 0 Å². The molecule has 1 aromatic carbocycles. The summed E-state index contributed by atoms with van der Waals surface area (Å²) in [6.07, 6.45) is 7.65. The lowest BCUT2D eigenvalue weighted by Crippen LogP contribution is -2.48. The second-order valence-corrected chi connectivity index (χ2v) is 7.12. The van der Waals surface area contributed by atoms with Crippen LogP contribution >= 0.6 is 0 Å². The second kappa shape index (κ2) is 8.52. The van der Waals surface area contributed by atoms with Crippen LogP contribution in [0.1, 0.15) is 44.1 Å². The first kappa shape index (κ1) is 17.3. The maximum atomic E-state index is 12.4. The fourth-order valence-corrected chi connectivity index (χ4v) is 3.89. The van der Waals surface area contributed by atoms with Gasteiger partial charge in [0.05, 0.1) is 0 Å². The Hall–Kier alpha value is -1.55. The van der Waals surface area contributed by atoms with Gasteiger partial charge >= 0.3 is 0 Å². The van der Waals surface area contributed by atoms with Gasteiger partial charge in [0.15, 0.2) is 6.61 Å². The van der Waals surface area contributed by atoms with Gasteiger partial charge in [-0.05, 0) is 57.3 Å². The number of nitrogens with zero attached hydrogens (tertiary/aromatic N) is 2. The van der Waals surface area contributed by atoms with E-state index in [9.17, 15) is 4.79 Å². The Kier molecular flexibility index (Phi) is 6.13. The molecule has 0 N–H and O–H groups in total. The first-order chi connectivity index (χ1) is 11.7.